The van der Waals surface area contributed by atoms with Gasteiger partial charge in [0.1, 0.15) is 5.15 Å². The Hall–Kier alpha value is -1.30. The zero-order valence-electron chi connectivity index (χ0n) is 7.52. The number of halogens is 4. The van der Waals surface area contributed by atoms with Gasteiger partial charge in [-0.1, -0.05) is 11.6 Å². The van der Waals surface area contributed by atoms with Crippen LogP contribution in [0.2, 0.25) is 5.15 Å². The minimum Gasteiger partial charge on any atom is -0.365 e. The Balaban J connectivity index is 3.54. The van der Waals surface area contributed by atoms with Crippen LogP contribution >= 0.6 is 11.6 Å². The lowest BCUT2D eigenvalue weighted by atomic mass is 10.1. The van der Waals surface area contributed by atoms with Gasteiger partial charge in [0, 0.05) is 5.69 Å². The molecule has 1 aromatic rings. The molecule has 0 atom stereocenters. The molecule has 3 nitrogen and oxygen atoms in total. The third-order valence-corrected chi connectivity index (χ3v) is 1.93. The quantitative estimate of drug-likeness (QED) is 0.763. The van der Waals surface area contributed by atoms with Crippen molar-refractivity contribution >= 4 is 17.5 Å². The van der Waals surface area contributed by atoms with Crippen LogP contribution < -0.4 is 5.73 Å². The number of nitrogens with two attached hydrogens (primary N) is 1. The summed E-state index contributed by atoms with van der Waals surface area (Å²) in [7, 11) is 0. The Bertz CT molecular complexity index is 417. The molecule has 2 N–H and O–H groups in total. The van der Waals surface area contributed by atoms with Crippen molar-refractivity contribution in [2.45, 2.75) is 13.1 Å². The topological polar surface area (TPSA) is 56.0 Å². The highest BCUT2D eigenvalue weighted by molar-refractivity contribution is 6.32. The molecule has 0 unspecified atom stereocenters. The number of alkyl halides is 3. The van der Waals surface area contributed by atoms with E-state index in [0.717, 1.165) is 6.07 Å². The lowest BCUT2D eigenvalue weighted by molar-refractivity contribution is -0.138. The van der Waals surface area contributed by atoms with Gasteiger partial charge in [-0.2, -0.15) is 13.2 Å². The van der Waals surface area contributed by atoms with Crippen LogP contribution in [0.25, 0.3) is 0 Å². The van der Waals surface area contributed by atoms with E-state index in [2.05, 4.69) is 4.98 Å². The summed E-state index contributed by atoms with van der Waals surface area (Å²) in [5.41, 5.74) is 2.91. The summed E-state index contributed by atoms with van der Waals surface area (Å²) in [5, 5.41) is -0.533. The summed E-state index contributed by atoms with van der Waals surface area (Å²) in [6, 6.07) is 0.728. The van der Waals surface area contributed by atoms with E-state index in [1.807, 2.05) is 0 Å². The second kappa shape index (κ2) is 3.69. The van der Waals surface area contributed by atoms with Gasteiger partial charge in [0.2, 0.25) is 0 Å². The highest BCUT2D eigenvalue weighted by Crippen LogP contribution is 2.34. The minimum absolute atomic E-state index is 0.0670. The van der Waals surface area contributed by atoms with Gasteiger partial charge in [0.05, 0.1) is 11.1 Å². The number of hydrogen-bond acceptors (Lipinski definition) is 2. The molecular weight excluding hydrogens is 233 g/mol. The predicted molar refractivity (Wildman–Crippen MR) is 47.5 cm³/mol. The van der Waals surface area contributed by atoms with Crippen molar-refractivity contribution in [3.05, 3.63) is 28.0 Å². The maximum absolute atomic E-state index is 12.5. The SMILES string of the molecule is Cc1cc(C(F)(F)F)c(C(N)=O)c(Cl)n1. The van der Waals surface area contributed by atoms with Crippen molar-refractivity contribution in [2.75, 3.05) is 0 Å². The van der Waals surface area contributed by atoms with E-state index >= 15 is 0 Å². The molecule has 1 amide bonds. The molecule has 1 rings (SSSR count). The smallest absolute Gasteiger partial charge is 0.365 e. The van der Waals surface area contributed by atoms with Crippen LogP contribution in [-0.4, -0.2) is 10.9 Å². The average Bonchev–Trinajstić information content (AvgIpc) is 1.99. The third-order valence-electron chi connectivity index (χ3n) is 1.66. The number of rotatable bonds is 1. The van der Waals surface area contributed by atoms with Crippen molar-refractivity contribution < 1.29 is 18.0 Å². The third kappa shape index (κ3) is 2.38. The first-order chi connectivity index (χ1) is 6.73. The molecule has 0 aromatic carbocycles. The summed E-state index contributed by atoms with van der Waals surface area (Å²) in [4.78, 5) is 14.3. The van der Waals surface area contributed by atoms with Gasteiger partial charge < -0.3 is 5.73 Å². The summed E-state index contributed by atoms with van der Waals surface area (Å²) < 4.78 is 37.4. The molecule has 1 aromatic heterocycles. The van der Waals surface area contributed by atoms with E-state index in [1.165, 1.54) is 6.92 Å². The fraction of sp³-hybridized carbons (Fsp3) is 0.250. The molecule has 1 heterocycles. The number of carbonyl (C=O) groups excluding carboxylic acids is 1. The van der Waals surface area contributed by atoms with E-state index in [1.54, 1.807) is 0 Å². The molecule has 0 fully saturated rings. The number of hydrogen-bond donors (Lipinski definition) is 1. The molecule has 0 aliphatic heterocycles. The van der Waals surface area contributed by atoms with Crippen LogP contribution in [0.3, 0.4) is 0 Å². The van der Waals surface area contributed by atoms with Crippen molar-refractivity contribution in [1.82, 2.24) is 4.98 Å². The molecule has 82 valence electrons. The van der Waals surface area contributed by atoms with E-state index < -0.39 is 28.4 Å². The number of nitrogens with zero attached hydrogens (tertiary/aromatic N) is 1. The van der Waals surface area contributed by atoms with Crippen molar-refractivity contribution in [2.24, 2.45) is 5.73 Å². The van der Waals surface area contributed by atoms with Crippen LogP contribution in [0.1, 0.15) is 21.6 Å². The molecule has 0 spiro atoms. The lowest BCUT2D eigenvalue weighted by Gasteiger charge is -2.12. The first kappa shape index (κ1) is 11.8. The monoisotopic (exact) mass is 238 g/mol. The van der Waals surface area contributed by atoms with Crippen molar-refractivity contribution in [3.63, 3.8) is 0 Å². The van der Waals surface area contributed by atoms with Crippen molar-refractivity contribution in [1.29, 1.82) is 0 Å². The Labute approximate surface area is 88.0 Å². The maximum atomic E-state index is 12.5. The van der Waals surface area contributed by atoms with Gasteiger partial charge in [-0.05, 0) is 13.0 Å². The van der Waals surface area contributed by atoms with Gasteiger partial charge in [0.25, 0.3) is 5.91 Å². The van der Waals surface area contributed by atoms with E-state index in [-0.39, 0.29) is 5.69 Å². The van der Waals surface area contributed by atoms with Crippen LogP contribution in [0.4, 0.5) is 13.2 Å². The summed E-state index contributed by atoms with van der Waals surface area (Å²) in [5.74, 6) is -1.25. The lowest BCUT2D eigenvalue weighted by Crippen LogP contribution is -2.20. The molecular formula is C8H6ClF3N2O. The highest BCUT2D eigenvalue weighted by Gasteiger charge is 2.36. The Kier molecular flexibility index (Phi) is 2.90. The minimum atomic E-state index is -4.68. The fourth-order valence-electron chi connectivity index (χ4n) is 1.09. The molecule has 0 aliphatic rings. The summed E-state index contributed by atoms with van der Waals surface area (Å²) in [6.45, 7) is 1.34. The Morgan fingerprint density at radius 3 is 2.47 bits per heavy atom. The molecule has 7 heteroatoms. The molecule has 0 bridgehead atoms. The second-order valence-electron chi connectivity index (χ2n) is 2.84. The van der Waals surface area contributed by atoms with E-state index in [9.17, 15) is 18.0 Å². The predicted octanol–water partition coefficient (Wildman–Crippen LogP) is 2.16. The number of aromatic nitrogens is 1. The first-order valence-corrected chi connectivity index (χ1v) is 4.15. The normalized spacial score (nSPS) is 11.5. The zero-order valence-corrected chi connectivity index (χ0v) is 8.28. The van der Waals surface area contributed by atoms with Crippen LogP contribution in [0, 0.1) is 6.92 Å². The van der Waals surface area contributed by atoms with Crippen molar-refractivity contribution in [3.8, 4) is 0 Å². The van der Waals surface area contributed by atoms with E-state index in [4.69, 9.17) is 17.3 Å². The highest BCUT2D eigenvalue weighted by atomic mass is 35.5. The maximum Gasteiger partial charge on any atom is 0.417 e. The molecule has 0 saturated heterocycles. The van der Waals surface area contributed by atoms with Gasteiger partial charge in [-0.3, -0.25) is 4.79 Å². The molecule has 15 heavy (non-hydrogen) atoms. The Morgan fingerprint density at radius 2 is 2.07 bits per heavy atom. The van der Waals surface area contributed by atoms with Gasteiger partial charge >= 0.3 is 6.18 Å². The van der Waals surface area contributed by atoms with Gasteiger partial charge in [0.15, 0.2) is 0 Å². The van der Waals surface area contributed by atoms with Crippen LogP contribution in [-0.2, 0) is 6.18 Å². The van der Waals surface area contributed by atoms with E-state index in [0.29, 0.717) is 0 Å². The standard InChI is InChI=1S/C8H6ClF3N2O/c1-3-2-4(8(10,11)12)5(7(13)15)6(9)14-3/h2H,1H3,(H2,13,15). The number of amides is 1. The molecule has 0 radical (unpaired) electrons. The van der Waals surface area contributed by atoms with Gasteiger partial charge in [-0.25, -0.2) is 4.98 Å². The number of pyridine rings is 1. The zero-order chi connectivity index (χ0) is 11.8. The number of aryl methyl sites for hydroxylation is 1. The van der Waals surface area contributed by atoms with Crippen LogP contribution in [0.15, 0.2) is 6.07 Å². The van der Waals surface area contributed by atoms with Crippen LogP contribution in [0.5, 0.6) is 0 Å². The average molecular weight is 239 g/mol. The molecule has 0 saturated carbocycles. The number of primary amides is 1. The second-order valence-corrected chi connectivity index (χ2v) is 3.20. The number of carbonyl (C=O) groups is 1. The summed E-state index contributed by atoms with van der Waals surface area (Å²) in [6.07, 6.45) is -4.68. The summed E-state index contributed by atoms with van der Waals surface area (Å²) >= 11 is 5.42. The molecule has 0 aliphatic carbocycles. The van der Waals surface area contributed by atoms with Gasteiger partial charge in [-0.15, -0.1) is 0 Å². The Morgan fingerprint density at radius 1 is 1.53 bits per heavy atom. The fourth-order valence-corrected chi connectivity index (χ4v) is 1.42. The first-order valence-electron chi connectivity index (χ1n) is 3.77. The largest absolute Gasteiger partial charge is 0.417 e.